The van der Waals surface area contributed by atoms with Crippen molar-refractivity contribution in [1.82, 2.24) is 10.2 Å². The molecule has 0 radical (unpaired) electrons. The summed E-state index contributed by atoms with van der Waals surface area (Å²) in [5.41, 5.74) is 2.11. The van der Waals surface area contributed by atoms with E-state index in [1.165, 1.54) is 5.56 Å². The van der Waals surface area contributed by atoms with Crippen molar-refractivity contribution in [3.8, 4) is 5.75 Å². The second-order valence-electron chi connectivity index (χ2n) is 4.88. The van der Waals surface area contributed by atoms with Crippen LogP contribution in [0.2, 0.25) is 0 Å². The van der Waals surface area contributed by atoms with Gasteiger partial charge in [0.15, 0.2) is 5.82 Å². The van der Waals surface area contributed by atoms with Crippen molar-refractivity contribution in [2.45, 2.75) is 13.5 Å². The number of fused-ring (bicyclic) bond motifs is 1. The van der Waals surface area contributed by atoms with E-state index in [1.807, 2.05) is 43.3 Å². The summed E-state index contributed by atoms with van der Waals surface area (Å²) in [5.74, 6) is 1.67. The average Bonchev–Trinajstić information content (AvgIpc) is 2.55. The minimum absolute atomic E-state index is 0.700. The number of rotatable bonds is 4. The van der Waals surface area contributed by atoms with Gasteiger partial charge in [-0.15, -0.1) is 5.10 Å². The molecule has 3 aromatic rings. The molecule has 0 atom stereocenters. The number of hydrogen-bond donors (Lipinski definition) is 1. The van der Waals surface area contributed by atoms with Gasteiger partial charge in [-0.1, -0.05) is 36.4 Å². The molecule has 0 aliphatic carbocycles. The third kappa shape index (κ3) is 2.79. The maximum Gasteiger partial charge on any atom is 0.156 e. The summed E-state index contributed by atoms with van der Waals surface area (Å²) in [6.07, 6.45) is 0. The zero-order valence-corrected chi connectivity index (χ0v) is 12.1. The van der Waals surface area contributed by atoms with Crippen molar-refractivity contribution >= 4 is 16.6 Å². The fourth-order valence-electron chi connectivity index (χ4n) is 2.30. The van der Waals surface area contributed by atoms with Crippen LogP contribution >= 0.6 is 0 Å². The highest BCUT2D eigenvalue weighted by atomic mass is 16.5. The van der Waals surface area contributed by atoms with Gasteiger partial charge in [0.1, 0.15) is 5.75 Å². The summed E-state index contributed by atoms with van der Waals surface area (Å²) in [6, 6.07) is 16.1. The van der Waals surface area contributed by atoms with Crippen molar-refractivity contribution in [2.75, 3.05) is 12.4 Å². The highest BCUT2D eigenvalue weighted by Crippen LogP contribution is 2.22. The lowest BCUT2D eigenvalue weighted by Crippen LogP contribution is -2.04. The molecule has 0 bridgehead atoms. The highest BCUT2D eigenvalue weighted by Gasteiger charge is 2.05. The lowest BCUT2D eigenvalue weighted by Gasteiger charge is -2.09. The minimum Gasteiger partial charge on any atom is -0.497 e. The number of hydrogen-bond acceptors (Lipinski definition) is 4. The molecule has 3 rings (SSSR count). The Labute approximate surface area is 123 Å². The van der Waals surface area contributed by atoms with E-state index in [-0.39, 0.29) is 0 Å². The summed E-state index contributed by atoms with van der Waals surface area (Å²) >= 11 is 0. The van der Waals surface area contributed by atoms with E-state index in [4.69, 9.17) is 4.74 Å². The van der Waals surface area contributed by atoms with Crippen LogP contribution in [-0.4, -0.2) is 17.3 Å². The van der Waals surface area contributed by atoms with Crippen LogP contribution in [-0.2, 0) is 6.54 Å². The lowest BCUT2D eigenvalue weighted by atomic mass is 10.1. The molecule has 4 heteroatoms. The Morgan fingerprint density at radius 1 is 0.952 bits per heavy atom. The van der Waals surface area contributed by atoms with Crippen LogP contribution in [0.25, 0.3) is 10.8 Å². The van der Waals surface area contributed by atoms with Gasteiger partial charge in [-0.2, -0.15) is 5.10 Å². The summed E-state index contributed by atoms with van der Waals surface area (Å²) in [5, 5.41) is 14.1. The van der Waals surface area contributed by atoms with E-state index in [2.05, 4.69) is 27.6 Å². The van der Waals surface area contributed by atoms with E-state index in [0.717, 1.165) is 28.0 Å². The third-order valence-electron chi connectivity index (χ3n) is 3.49. The lowest BCUT2D eigenvalue weighted by molar-refractivity contribution is 0.414. The molecule has 0 aliphatic heterocycles. The van der Waals surface area contributed by atoms with E-state index in [0.29, 0.717) is 6.54 Å². The van der Waals surface area contributed by atoms with Crippen molar-refractivity contribution in [2.24, 2.45) is 0 Å². The number of methoxy groups -OCH3 is 1. The Balaban J connectivity index is 1.83. The molecule has 0 saturated carbocycles. The molecular weight excluding hydrogens is 262 g/mol. The fraction of sp³-hybridized carbons (Fsp3) is 0.176. The van der Waals surface area contributed by atoms with Gasteiger partial charge >= 0.3 is 0 Å². The number of anilines is 1. The van der Waals surface area contributed by atoms with Crippen molar-refractivity contribution < 1.29 is 4.74 Å². The monoisotopic (exact) mass is 279 g/mol. The number of aromatic nitrogens is 2. The van der Waals surface area contributed by atoms with Crippen LogP contribution < -0.4 is 10.1 Å². The maximum atomic E-state index is 5.16. The van der Waals surface area contributed by atoms with Crippen LogP contribution in [0.3, 0.4) is 0 Å². The fourth-order valence-corrected chi connectivity index (χ4v) is 2.30. The van der Waals surface area contributed by atoms with Crippen molar-refractivity contribution in [3.05, 3.63) is 59.8 Å². The Morgan fingerprint density at radius 3 is 2.38 bits per heavy atom. The Kier molecular flexibility index (Phi) is 3.69. The van der Waals surface area contributed by atoms with Crippen molar-refractivity contribution in [1.29, 1.82) is 0 Å². The minimum atomic E-state index is 0.700. The molecule has 1 N–H and O–H groups in total. The molecule has 0 aliphatic rings. The predicted molar refractivity (Wildman–Crippen MR) is 84.6 cm³/mol. The topological polar surface area (TPSA) is 47.0 Å². The zero-order valence-electron chi connectivity index (χ0n) is 12.1. The third-order valence-corrected chi connectivity index (χ3v) is 3.49. The van der Waals surface area contributed by atoms with Gasteiger partial charge in [0.25, 0.3) is 0 Å². The average molecular weight is 279 g/mol. The quantitative estimate of drug-likeness (QED) is 0.793. The van der Waals surface area contributed by atoms with E-state index < -0.39 is 0 Å². The van der Waals surface area contributed by atoms with Gasteiger partial charge in [-0.05, 0) is 24.6 Å². The smallest absolute Gasteiger partial charge is 0.156 e. The summed E-state index contributed by atoms with van der Waals surface area (Å²) in [6.45, 7) is 2.67. The molecule has 1 heterocycles. The maximum absolute atomic E-state index is 5.16. The summed E-state index contributed by atoms with van der Waals surface area (Å²) < 4.78 is 5.16. The van der Waals surface area contributed by atoms with E-state index in [9.17, 15) is 0 Å². The first-order valence-electron chi connectivity index (χ1n) is 6.87. The van der Waals surface area contributed by atoms with Gasteiger partial charge < -0.3 is 10.1 Å². The van der Waals surface area contributed by atoms with E-state index >= 15 is 0 Å². The van der Waals surface area contributed by atoms with E-state index in [1.54, 1.807) is 7.11 Å². The van der Waals surface area contributed by atoms with Gasteiger partial charge in [-0.3, -0.25) is 0 Å². The van der Waals surface area contributed by atoms with Crippen molar-refractivity contribution in [3.63, 3.8) is 0 Å². The number of aryl methyl sites for hydroxylation is 1. The number of nitrogens with one attached hydrogen (secondary N) is 1. The SMILES string of the molecule is COc1ccc(CNc2nnc(C)c3ccccc23)cc1. The zero-order chi connectivity index (χ0) is 14.7. The highest BCUT2D eigenvalue weighted by molar-refractivity contribution is 5.92. The van der Waals surface area contributed by atoms with Crippen LogP contribution in [0.5, 0.6) is 5.75 Å². The van der Waals surface area contributed by atoms with Crippen LogP contribution in [0.15, 0.2) is 48.5 Å². The van der Waals surface area contributed by atoms with Crippen LogP contribution in [0.4, 0.5) is 5.82 Å². The first-order chi connectivity index (χ1) is 10.3. The Hall–Kier alpha value is -2.62. The molecule has 106 valence electrons. The Bertz CT molecular complexity index is 754. The normalized spacial score (nSPS) is 10.6. The largest absolute Gasteiger partial charge is 0.497 e. The molecule has 4 nitrogen and oxygen atoms in total. The molecule has 0 saturated heterocycles. The molecule has 0 amide bonds. The number of benzene rings is 2. The predicted octanol–water partition coefficient (Wildman–Crippen LogP) is 3.56. The molecule has 1 aromatic heterocycles. The Morgan fingerprint density at radius 2 is 1.67 bits per heavy atom. The van der Waals surface area contributed by atoms with Gasteiger partial charge in [-0.25, -0.2) is 0 Å². The number of nitrogens with zero attached hydrogens (tertiary/aromatic N) is 2. The first-order valence-corrected chi connectivity index (χ1v) is 6.87. The second kappa shape index (κ2) is 5.79. The standard InChI is InChI=1S/C17H17N3O/c1-12-15-5-3-4-6-16(15)17(20-19-12)18-11-13-7-9-14(21-2)10-8-13/h3-10H,11H2,1-2H3,(H,18,20). The molecule has 0 spiro atoms. The van der Waals surface area contributed by atoms with Crippen LogP contribution in [0.1, 0.15) is 11.3 Å². The van der Waals surface area contributed by atoms with Crippen LogP contribution in [0, 0.1) is 6.92 Å². The number of ether oxygens (including phenoxy) is 1. The molecule has 0 unspecified atom stereocenters. The first kappa shape index (κ1) is 13.4. The molecule has 0 fully saturated rings. The van der Waals surface area contributed by atoms with Gasteiger partial charge in [0.2, 0.25) is 0 Å². The molecule has 2 aromatic carbocycles. The second-order valence-corrected chi connectivity index (χ2v) is 4.88. The van der Waals surface area contributed by atoms with Gasteiger partial charge in [0, 0.05) is 17.3 Å². The van der Waals surface area contributed by atoms with Gasteiger partial charge in [0.05, 0.1) is 12.8 Å². The summed E-state index contributed by atoms with van der Waals surface area (Å²) in [7, 11) is 1.67. The molecule has 21 heavy (non-hydrogen) atoms. The summed E-state index contributed by atoms with van der Waals surface area (Å²) in [4.78, 5) is 0. The molecular formula is C17H17N3O.